The van der Waals surface area contributed by atoms with Gasteiger partial charge >= 0.3 is 0 Å². The number of hydrazone groups is 1. The summed E-state index contributed by atoms with van der Waals surface area (Å²) in [6.45, 7) is 2.52. The van der Waals surface area contributed by atoms with Gasteiger partial charge in [0, 0.05) is 4.88 Å². The summed E-state index contributed by atoms with van der Waals surface area (Å²) < 4.78 is 0. The van der Waals surface area contributed by atoms with Crippen molar-refractivity contribution in [3.05, 3.63) is 22.4 Å². The van der Waals surface area contributed by atoms with E-state index in [0.29, 0.717) is 6.54 Å². The van der Waals surface area contributed by atoms with E-state index in [1.54, 1.807) is 17.6 Å². The second kappa shape index (κ2) is 7.28. The second-order valence-electron chi connectivity index (χ2n) is 4.50. The maximum atomic E-state index is 11.7. The molecule has 0 saturated carbocycles. The Bertz CT molecular complexity index is 381. The molecule has 0 radical (unpaired) electrons. The third-order valence-electron chi connectivity index (χ3n) is 2.99. The van der Waals surface area contributed by atoms with Crippen molar-refractivity contribution in [3.63, 3.8) is 0 Å². The lowest BCUT2D eigenvalue weighted by atomic mass is 10.2. The number of carbonyl (C=O) groups is 1. The van der Waals surface area contributed by atoms with Gasteiger partial charge in [0.05, 0.1) is 12.8 Å². The van der Waals surface area contributed by atoms with E-state index in [2.05, 4.69) is 15.4 Å². The minimum atomic E-state index is -0.0234. The summed E-state index contributed by atoms with van der Waals surface area (Å²) in [4.78, 5) is 14.9. The fourth-order valence-electron chi connectivity index (χ4n) is 2.07. The molecule has 1 aliphatic rings. The van der Waals surface area contributed by atoms with Gasteiger partial charge in [-0.05, 0) is 37.4 Å². The summed E-state index contributed by atoms with van der Waals surface area (Å²) >= 11 is 1.60. The summed E-state index contributed by atoms with van der Waals surface area (Å²) in [6.07, 6.45) is 6.66. The molecule has 0 atom stereocenters. The number of hydrogen-bond donors (Lipinski definition) is 1. The number of rotatable bonds is 4. The average molecular weight is 265 g/mol. The van der Waals surface area contributed by atoms with Gasteiger partial charge in [-0.25, -0.2) is 5.43 Å². The molecule has 98 valence electrons. The standard InChI is InChI=1S/C13H19N3OS/c17-13(11-16-7-3-1-2-4-8-16)15-14-10-12-6-5-9-18-12/h5-6,9-10H,1-4,7-8,11H2,(H,15,17)/b14-10+. The SMILES string of the molecule is O=C(CN1CCCCCC1)N/N=C/c1cccs1. The van der Waals surface area contributed by atoms with Crippen LogP contribution in [-0.2, 0) is 4.79 Å². The summed E-state index contributed by atoms with van der Waals surface area (Å²) in [7, 11) is 0. The van der Waals surface area contributed by atoms with Crippen LogP contribution < -0.4 is 5.43 Å². The Morgan fingerprint density at radius 3 is 2.83 bits per heavy atom. The van der Waals surface area contributed by atoms with Crippen LogP contribution in [0, 0.1) is 0 Å². The molecule has 1 aliphatic heterocycles. The van der Waals surface area contributed by atoms with Crippen molar-refractivity contribution in [2.24, 2.45) is 5.10 Å². The van der Waals surface area contributed by atoms with Crippen molar-refractivity contribution in [3.8, 4) is 0 Å². The fourth-order valence-corrected chi connectivity index (χ4v) is 2.65. The molecule has 5 heteroatoms. The highest BCUT2D eigenvalue weighted by Crippen LogP contribution is 2.08. The first-order chi connectivity index (χ1) is 8.84. The van der Waals surface area contributed by atoms with Gasteiger partial charge in [-0.1, -0.05) is 18.9 Å². The molecular weight excluding hydrogens is 246 g/mol. The topological polar surface area (TPSA) is 44.7 Å². The largest absolute Gasteiger partial charge is 0.294 e. The number of hydrogen-bond acceptors (Lipinski definition) is 4. The maximum absolute atomic E-state index is 11.7. The molecule has 1 amide bonds. The predicted octanol–water partition coefficient (Wildman–Crippen LogP) is 2.07. The molecule has 2 heterocycles. The molecule has 0 aliphatic carbocycles. The Morgan fingerprint density at radius 2 is 2.17 bits per heavy atom. The number of nitrogens with zero attached hydrogens (tertiary/aromatic N) is 2. The zero-order valence-electron chi connectivity index (χ0n) is 10.5. The van der Waals surface area contributed by atoms with E-state index in [1.807, 2.05) is 17.5 Å². The van der Waals surface area contributed by atoms with Gasteiger partial charge in [-0.3, -0.25) is 9.69 Å². The van der Waals surface area contributed by atoms with Crippen molar-refractivity contribution < 1.29 is 4.79 Å². The number of thiophene rings is 1. The number of carbonyl (C=O) groups excluding carboxylic acids is 1. The van der Waals surface area contributed by atoms with E-state index < -0.39 is 0 Å². The molecule has 1 aromatic heterocycles. The third-order valence-corrected chi connectivity index (χ3v) is 3.80. The molecule has 0 aromatic carbocycles. The average Bonchev–Trinajstić information content (AvgIpc) is 2.74. The number of amides is 1. The third kappa shape index (κ3) is 4.58. The van der Waals surface area contributed by atoms with Crippen LogP contribution in [0.25, 0.3) is 0 Å². The van der Waals surface area contributed by atoms with E-state index in [1.165, 1.54) is 25.7 Å². The molecule has 0 spiro atoms. The Hall–Kier alpha value is -1.20. The van der Waals surface area contributed by atoms with Gasteiger partial charge in [-0.2, -0.15) is 5.10 Å². The minimum absolute atomic E-state index is 0.0234. The molecule has 0 unspecified atom stereocenters. The van der Waals surface area contributed by atoms with Crippen LogP contribution in [0.15, 0.2) is 22.6 Å². The van der Waals surface area contributed by atoms with Crippen LogP contribution >= 0.6 is 11.3 Å². The lowest BCUT2D eigenvalue weighted by Crippen LogP contribution is -2.35. The Balaban J connectivity index is 1.71. The van der Waals surface area contributed by atoms with Crippen LogP contribution in [0.1, 0.15) is 30.6 Å². The first-order valence-corrected chi connectivity index (χ1v) is 7.30. The Kier molecular flexibility index (Phi) is 5.36. The zero-order valence-corrected chi connectivity index (χ0v) is 11.3. The minimum Gasteiger partial charge on any atom is -0.294 e. The van der Waals surface area contributed by atoms with Crippen LogP contribution in [0.2, 0.25) is 0 Å². The highest BCUT2D eigenvalue weighted by molar-refractivity contribution is 7.11. The summed E-state index contributed by atoms with van der Waals surface area (Å²) in [5.74, 6) is -0.0234. The molecular formula is C13H19N3OS. The van der Waals surface area contributed by atoms with Gasteiger partial charge in [0.1, 0.15) is 0 Å². The van der Waals surface area contributed by atoms with Gasteiger partial charge in [0.15, 0.2) is 0 Å². The van der Waals surface area contributed by atoms with Crippen LogP contribution in [-0.4, -0.2) is 36.7 Å². The maximum Gasteiger partial charge on any atom is 0.254 e. The van der Waals surface area contributed by atoms with Gasteiger partial charge < -0.3 is 0 Å². The summed E-state index contributed by atoms with van der Waals surface area (Å²) in [5.41, 5.74) is 2.58. The lowest BCUT2D eigenvalue weighted by Gasteiger charge is -2.17. The van der Waals surface area contributed by atoms with Crippen LogP contribution in [0.5, 0.6) is 0 Å². The molecule has 2 rings (SSSR count). The highest BCUT2D eigenvalue weighted by atomic mass is 32.1. The van der Waals surface area contributed by atoms with Crippen molar-refractivity contribution in [2.75, 3.05) is 19.6 Å². The van der Waals surface area contributed by atoms with Gasteiger partial charge in [0.2, 0.25) is 0 Å². The molecule has 1 saturated heterocycles. The smallest absolute Gasteiger partial charge is 0.254 e. The van der Waals surface area contributed by atoms with E-state index in [-0.39, 0.29) is 5.91 Å². The lowest BCUT2D eigenvalue weighted by molar-refractivity contribution is -0.122. The molecule has 4 nitrogen and oxygen atoms in total. The molecule has 0 bridgehead atoms. The van der Waals surface area contributed by atoms with Crippen molar-refractivity contribution in [1.82, 2.24) is 10.3 Å². The van der Waals surface area contributed by atoms with Crippen molar-refractivity contribution in [2.45, 2.75) is 25.7 Å². The van der Waals surface area contributed by atoms with Gasteiger partial charge in [0.25, 0.3) is 5.91 Å². The first kappa shape index (κ1) is 13.2. The number of nitrogens with one attached hydrogen (secondary N) is 1. The molecule has 1 N–H and O–H groups in total. The van der Waals surface area contributed by atoms with Crippen LogP contribution in [0.3, 0.4) is 0 Å². The first-order valence-electron chi connectivity index (χ1n) is 6.42. The van der Waals surface area contributed by atoms with E-state index in [4.69, 9.17) is 0 Å². The van der Waals surface area contributed by atoms with Gasteiger partial charge in [-0.15, -0.1) is 11.3 Å². The van der Waals surface area contributed by atoms with E-state index >= 15 is 0 Å². The predicted molar refractivity (Wildman–Crippen MR) is 75.0 cm³/mol. The van der Waals surface area contributed by atoms with Crippen LogP contribution in [0.4, 0.5) is 0 Å². The Morgan fingerprint density at radius 1 is 1.39 bits per heavy atom. The second-order valence-corrected chi connectivity index (χ2v) is 5.48. The number of likely N-dealkylation sites (tertiary alicyclic amines) is 1. The fraction of sp³-hybridized carbons (Fsp3) is 0.538. The summed E-state index contributed by atoms with van der Waals surface area (Å²) in [6, 6.07) is 3.93. The Labute approximate surface area is 112 Å². The quantitative estimate of drug-likeness (QED) is 0.669. The normalized spacial score (nSPS) is 17.8. The van der Waals surface area contributed by atoms with Crippen molar-refractivity contribution >= 4 is 23.5 Å². The molecule has 18 heavy (non-hydrogen) atoms. The van der Waals surface area contributed by atoms with Crippen molar-refractivity contribution in [1.29, 1.82) is 0 Å². The highest BCUT2D eigenvalue weighted by Gasteiger charge is 2.12. The monoisotopic (exact) mass is 265 g/mol. The van der Waals surface area contributed by atoms with E-state index in [9.17, 15) is 4.79 Å². The zero-order chi connectivity index (χ0) is 12.6. The molecule has 1 aromatic rings. The molecule has 1 fully saturated rings. The summed E-state index contributed by atoms with van der Waals surface area (Å²) in [5, 5.41) is 5.95. The van der Waals surface area contributed by atoms with E-state index in [0.717, 1.165) is 18.0 Å².